The van der Waals surface area contributed by atoms with E-state index in [1.165, 1.54) is 19.2 Å². The fourth-order valence-corrected chi connectivity index (χ4v) is 6.48. The van der Waals surface area contributed by atoms with Gasteiger partial charge in [0.2, 0.25) is 17.8 Å². The quantitative estimate of drug-likeness (QED) is 0.162. The van der Waals surface area contributed by atoms with Crippen LogP contribution in [0.5, 0.6) is 5.75 Å². The van der Waals surface area contributed by atoms with E-state index in [-0.39, 0.29) is 22.5 Å². The zero-order valence-corrected chi connectivity index (χ0v) is 27.6. The van der Waals surface area contributed by atoms with Crippen molar-refractivity contribution in [2.45, 2.75) is 36.7 Å². The second kappa shape index (κ2) is 12.4. The molecule has 1 fully saturated rings. The molecule has 6 rings (SSSR count). The van der Waals surface area contributed by atoms with Crippen molar-refractivity contribution in [3.05, 3.63) is 88.5 Å². The average molecular weight is 681 g/mol. The van der Waals surface area contributed by atoms with Gasteiger partial charge in [0, 0.05) is 13.2 Å². The van der Waals surface area contributed by atoms with Crippen molar-refractivity contribution in [3.63, 3.8) is 0 Å². The molecule has 0 unspecified atom stereocenters. The molecule has 0 spiro atoms. The van der Waals surface area contributed by atoms with Gasteiger partial charge in [0.1, 0.15) is 11.6 Å². The highest BCUT2D eigenvalue weighted by atomic mass is 35.5. The summed E-state index contributed by atoms with van der Waals surface area (Å²) in [7, 11) is -0.0771. The minimum Gasteiger partial charge on any atom is -0.495 e. The van der Waals surface area contributed by atoms with Gasteiger partial charge >= 0.3 is 0 Å². The lowest BCUT2D eigenvalue weighted by molar-refractivity contribution is -0.118. The first-order valence-electron chi connectivity index (χ1n) is 14.5. The van der Waals surface area contributed by atoms with E-state index in [9.17, 15) is 13.2 Å². The number of carbonyl (C=O) groups excluding carboxylic acids is 1. The number of imidazole rings is 1. The summed E-state index contributed by atoms with van der Waals surface area (Å²) in [5, 5.41) is 7.01. The summed E-state index contributed by atoms with van der Waals surface area (Å²) in [6.07, 6.45) is 2.97. The van der Waals surface area contributed by atoms with E-state index in [4.69, 9.17) is 32.9 Å². The number of benzene rings is 3. The first-order chi connectivity index (χ1) is 22.0. The lowest BCUT2D eigenvalue weighted by Gasteiger charge is -2.22. The molecule has 1 aliphatic carbocycles. The standard InChI is InChI=1S/C32H31Cl2N7O4S/c1-4-46(43,44)21-10-12-27(45-3)25(18-21)36-30-35-16-13-28(38-30)40(2)19-41-26-8-6-5-7-24(26)37-31(41)39-29(42)32(14-15-32)20-9-11-22(33)23(34)17-20/h5-13,16-18H,4,14-15,19H2,1-3H3,(H,35,36,38)(H,37,39,42). The molecule has 14 heteroatoms. The zero-order chi connectivity index (χ0) is 32.6. The van der Waals surface area contributed by atoms with Crippen molar-refractivity contribution in [2.75, 3.05) is 35.4 Å². The number of carbonyl (C=O) groups is 1. The highest BCUT2D eigenvalue weighted by Crippen LogP contribution is 2.50. The Hall–Kier alpha value is -4.39. The van der Waals surface area contributed by atoms with Crippen LogP contribution in [-0.2, 0) is 26.7 Å². The molecule has 238 valence electrons. The van der Waals surface area contributed by atoms with Crippen LogP contribution < -0.4 is 20.3 Å². The highest BCUT2D eigenvalue weighted by Gasteiger charge is 2.51. The van der Waals surface area contributed by atoms with Crippen LogP contribution in [0.4, 0.5) is 23.4 Å². The Kier molecular flexibility index (Phi) is 8.53. The number of hydrogen-bond donors (Lipinski definition) is 2. The molecule has 0 aliphatic heterocycles. The second-order valence-electron chi connectivity index (χ2n) is 11.0. The van der Waals surface area contributed by atoms with Gasteiger partial charge in [-0.2, -0.15) is 4.98 Å². The summed E-state index contributed by atoms with van der Waals surface area (Å²) in [6, 6.07) is 19.3. The van der Waals surface area contributed by atoms with E-state index >= 15 is 0 Å². The van der Waals surface area contributed by atoms with Crippen LogP contribution in [0.3, 0.4) is 0 Å². The Morgan fingerprint density at radius 1 is 1.04 bits per heavy atom. The number of rotatable bonds is 11. The van der Waals surface area contributed by atoms with Crippen LogP contribution in [0.25, 0.3) is 11.0 Å². The molecule has 1 aliphatic rings. The number of aromatic nitrogens is 4. The number of sulfone groups is 1. The minimum atomic E-state index is -3.44. The number of para-hydroxylation sites is 2. The molecule has 46 heavy (non-hydrogen) atoms. The molecule has 5 aromatic rings. The predicted octanol–water partition coefficient (Wildman–Crippen LogP) is 6.44. The Labute approximate surface area is 276 Å². The molecular weight excluding hydrogens is 649 g/mol. The molecule has 0 radical (unpaired) electrons. The van der Waals surface area contributed by atoms with Gasteiger partial charge in [-0.3, -0.25) is 14.7 Å². The van der Waals surface area contributed by atoms with Crippen molar-refractivity contribution in [2.24, 2.45) is 0 Å². The maximum atomic E-state index is 13.7. The molecule has 0 bridgehead atoms. The molecule has 0 atom stereocenters. The third-order valence-corrected chi connectivity index (χ3v) is 10.6. The predicted molar refractivity (Wildman–Crippen MR) is 180 cm³/mol. The van der Waals surface area contributed by atoms with Crippen molar-refractivity contribution in [1.82, 2.24) is 19.5 Å². The maximum Gasteiger partial charge on any atom is 0.237 e. The number of methoxy groups -OCH3 is 1. The van der Waals surface area contributed by atoms with E-state index < -0.39 is 15.3 Å². The molecule has 11 nitrogen and oxygen atoms in total. The van der Waals surface area contributed by atoms with Crippen molar-refractivity contribution in [1.29, 1.82) is 0 Å². The lowest BCUT2D eigenvalue weighted by Crippen LogP contribution is -2.30. The topological polar surface area (TPSA) is 131 Å². The fraction of sp³-hybridized carbons (Fsp3) is 0.250. The van der Waals surface area contributed by atoms with E-state index in [0.717, 1.165) is 16.6 Å². The van der Waals surface area contributed by atoms with Crippen LogP contribution in [0.15, 0.2) is 77.8 Å². The van der Waals surface area contributed by atoms with Gasteiger partial charge in [-0.25, -0.2) is 18.4 Å². The smallest absolute Gasteiger partial charge is 0.237 e. The van der Waals surface area contributed by atoms with Gasteiger partial charge < -0.3 is 15.0 Å². The number of nitrogens with one attached hydrogen (secondary N) is 2. The fourth-order valence-electron chi connectivity index (χ4n) is 5.27. The third kappa shape index (κ3) is 6.07. The number of hydrogen-bond acceptors (Lipinski definition) is 9. The number of anilines is 4. The molecule has 2 N–H and O–H groups in total. The highest BCUT2D eigenvalue weighted by molar-refractivity contribution is 7.91. The normalized spacial score (nSPS) is 13.8. The van der Waals surface area contributed by atoms with E-state index in [1.54, 1.807) is 37.4 Å². The van der Waals surface area contributed by atoms with Crippen molar-refractivity contribution >= 4 is 73.4 Å². The van der Waals surface area contributed by atoms with E-state index in [0.29, 0.717) is 52.8 Å². The first-order valence-corrected chi connectivity index (χ1v) is 16.9. The van der Waals surface area contributed by atoms with Gasteiger partial charge in [0.15, 0.2) is 9.84 Å². The Morgan fingerprint density at radius 3 is 2.54 bits per heavy atom. The van der Waals surface area contributed by atoms with Gasteiger partial charge in [0.25, 0.3) is 0 Å². The van der Waals surface area contributed by atoms with Gasteiger partial charge in [-0.15, -0.1) is 0 Å². The van der Waals surface area contributed by atoms with Crippen LogP contribution in [-0.4, -0.2) is 53.8 Å². The molecule has 0 saturated heterocycles. The molecular formula is C32H31Cl2N7O4S. The van der Waals surface area contributed by atoms with Crippen LogP contribution in [0, 0.1) is 0 Å². The van der Waals surface area contributed by atoms with Gasteiger partial charge in [0.05, 0.1) is 56.6 Å². The maximum absolute atomic E-state index is 13.7. The number of amides is 1. The van der Waals surface area contributed by atoms with E-state index in [2.05, 4.69) is 20.6 Å². The van der Waals surface area contributed by atoms with Crippen LogP contribution in [0.2, 0.25) is 10.0 Å². The lowest BCUT2D eigenvalue weighted by atomic mass is 9.95. The molecule has 3 aromatic carbocycles. The molecule has 1 saturated carbocycles. The summed E-state index contributed by atoms with van der Waals surface area (Å²) < 4.78 is 32.3. The third-order valence-electron chi connectivity index (χ3n) is 8.08. The summed E-state index contributed by atoms with van der Waals surface area (Å²) in [6.45, 7) is 1.88. The molecule has 2 aromatic heterocycles. The monoisotopic (exact) mass is 679 g/mol. The van der Waals surface area contributed by atoms with E-state index in [1.807, 2.05) is 46.8 Å². The van der Waals surface area contributed by atoms with Crippen LogP contribution in [0.1, 0.15) is 25.3 Å². The summed E-state index contributed by atoms with van der Waals surface area (Å²) >= 11 is 12.4. The number of fused-ring (bicyclic) bond motifs is 1. The largest absolute Gasteiger partial charge is 0.495 e. The summed E-state index contributed by atoms with van der Waals surface area (Å²) in [5.74, 6) is 1.46. The van der Waals surface area contributed by atoms with Crippen molar-refractivity contribution in [3.8, 4) is 5.75 Å². The SMILES string of the molecule is CCS(=O)(=O)c1ccc(OC)c(Nc2nccc(N(C)Cn3c(NC(=O)C4(c5ccc(Cl)c(Cl)c5)CC4)nc4ccccc43)n2)c1. The Balaban J connectivity index is 1.26. The van der Waals surface area contributed by atoms with Gasteiger partial charge in [-0.1, -0.05) is 48.3 Å². The average Bonchev–Trinajstić information content (AvgIpc) is 3.81. The molecule has 2 heterocycles. The number of halogens is 2. The summed E-state index contributed by atoms with van der Waals surface area (Å²) in [4.78, 5) is 29.5. The number of nitrogens with zero attached hydrogens (tertiary/aromatic N) is 5. The van der Waals surface area contributed by atoms with Crippen molar-refractivity contribution < 1.29 is 17.9 Å². The van der Waals surface area contributed by atoms with Crippen LogP contribution >= 0.6 is 23.2 Å². The van der Waals surface area contributed by atoms with Gasteiger partial charge in [-0.05, 0) is 66.9 Å². The minimum absolute atomic E-state index is 0.0304. The summed E-state index contributed by atoms with van der Waals surface area (Å²) in [5.41, 5.74) is 2.08. The second-order valence-corrected chi connectivity index (χ2v) is 14.1. The first kappa shape index (κ1) is 31.6. The Bertz CT molecular complexity index is 2070. The Morgan fingerprint density at radius 2 is 1.83 bits per heavy atom. The number of ether oxygens (including phenoxy) is 1. The zero-order valence-electron chi connectivity index (χ0n) is 25.3. The molecule has 1 amide bonds.